The number of ether oxygens (including phenoxy) is 1. The third-order valence-corrected chi connectivity index (χ3v) is 6.15. The van der Waals surface area contributed by atoms with E-state index in [1.807, 2.05) is 37.3 Å². The van der Waals surface area contributed by atoms with Gasteiger partial charge in [0.25, 0.3) is 11.7 Å². The highest BCUT2D eigenvalue weighted by Crippen LogP contribution is 2.41. The Balaban J connectivity index is 1.85. The molecule has 1 saturated heterocycles. The number of amides is 1. The van der Waals surface area contributed by atoms with Crippen LogP contribution in [0.15, 0.2) is 78.4 Å². The van der Waals surface area contributed by atoms with Crippen LogP contribution in [0, 0.1) is 0 Å². The third kappa shape index (κ3) is 4.37. The molecule has 0 saturated carbocycles. The molecule has 3 aromatic carbocycles. The molecule has 3 aromatic rings. The van der Waals surface area contributed by atoms with Crippen LogP contribution in [0.25, 0.3) is 5.76 Å². The molecule has 1 amide bonds. The topological polar surface area (TPSA) is 66.8 Å². The number of hydrogen-bond acceptors (Lipinski definition) is 4. The number of nitrogens with zero attached hydrogens (tertiary/aromatic N) is 1. The van der Waals surface area contributed by atoms with Crippen molar-refractivity contribution >= 4 is 29.1 Å². The van der Waals surface area contributed by atoms with Crippen molar-refractivity contribution in [1.82, 2.24) is 4.90 Å². The number of carbonyl (C=O) groups is 2. The SMILES string of the molecule is CCc1ccc(/C(O)=C2\C(=O)C(=O)N(Cc3ccccc3OC)C2c2ccc(Cl)cc2)cc1. The van der Waals surface area contributed by atoms with Gasteiger partial charge in [-0.1, -0.05) is 73.1 Å². The predicted molar refractivity (Wildman–Crippen MR) is 128 cm³/mol. The lowest BCUT2D eigenvalue weighted by Crippen LogP contribution is -2.29. The molecule has 1 heterocycles. The number of halogens is 1. The van der Waals surface area contributed by atoms with Crippen molar-refractivity contribution in [2.45, 2.75) is 25.9 Å². The van der Waals surface area contributed by atoms with E-state index in [0.29, 0.717) is 21.9 Å². The summed E-state index contributed by atoms with van der Waals surface area (Å²) in [6.07, 6.45) is 0.856. The molecular formula is C27H24ClNO4. The molecule has 0 spiro atoms. The van der Waals surface area contributed by atoms with Gasteiger partial charge in [-0.15, -0.1) is 0 Å². The van der Waals surface area contributed by atoms with Crippen LogP contribution in [0.5, 0.6) is 5.75 Å². The van der Waals surface area contributed by atoms with Crippen molar-refractivity contribution < 1.29 is 19.4 Å². The third-order valence-electron chi connectivity index (χ3n) is 5.89. The molecule has 33 heavy (non-hydrogen) atoms. The number of methoxy groups -OCH3 is 1. The van der Waals surface area contributed by atoms with Gasteiger partial charge in [0.05, 0.1) is 25.3 Å². The minimum Gasteiger partial charge on any atom is -0.507 e. The quantitative estimate of drug-likeness (QED) is 0.297. The van der Waals surface area contributed by atoms with E-state index in [4.69, 9.17) is 16.3 Å². The highest BCUT2D eigenvalue weighted by molar-refractivity contribution is 6.46. The van der Waals surface area contributed by atoms with Crippen molar-refractivity contribution in [2.24, 2.45) is 0 Å². The van der Waals surface area contributed by atoms with E-state index in [9.17, 15) is 14.7 Å². The van der Waals surface area contributed by atoms with Crippen LogP contribution in [-0.4, -0.2) is 28.8 Å². The fourth-order valence-electron chi connectivity index (χ4n) is 4.11. The average molecular weight is 462 g/mol. The summed E-state index contributed by atoms with van der Waals surface area (Å²) in [6, 6.07) is 20.8. The van der Waals surface area contributed by atoms with Crippen molar-refractivity contribution in [1.29, 1.82) is 0 Å². The molecule has 1 aliphatic rings. The minimum absolute atomic E-state index is 0.0569. The Hall–Kier alpha value is -3.57. The van der Waals surface area contributed by atoms with Crippen LogP contribution in [0.4, 0.5) is 0 Å². The van der Waals surface area contributed by atoms with Crippen molar-refractivity contribution in [3.8, 4) is 5.75 Å². The van der Waals surface area contributed by atoms with Gasteiger partial charge in [0.1, 0.15) is 11.5 Å². The van der Waals surface area contributed by atoms with E-state index >= 15 is 0 Å². The van der Waals surface area contributed by atoms with Crippen molar-refractivity contribution in [2.75, 3.05) is 7.11 Å². The molecule has 4 rings (SSSR count). The lowest BCUT2D eigenvalue weighted by molar-refractivity contribution is -0.140. The van der Waals surface area contributed by atoms with Crippen molar-refractivity contribution in [3.05, 3.63) is 106 Å². The van der Waals surface area contributed by atoms with E-state index in [1.165, 1.54) is 4.90 Å². The number of hydrogen-bond donors (Lipinski definition) is 1. The first-order chi connectivity index (χ1) is 15.9. The Morgan fingerprint density at radius 2 is 1.67 bits per heavy atom. The zero-order chi connectivity index (χ0) is 23.5. The number of aliphatic hydroxyl groups is 1. The molecule has 1 fully saturated rings. The fraction of sp³-hybridized carbons (Fsp3) is 0.185. The summed E-state index contributed by atoms with van der Waals surface area (Å²) >= 11 is 6.08. The maximum atomic E-state index is 13.2. The van der Waals surface area contributed by atoms with Gasteiger partial charge >= 0.3 is 0 Å². The van der Waals surface area contributed by atoms with Gasteiger partial charge in [-0.25, -0.2) is 0 Å². The summed E-state index contributed by atoms with van der Waals surface area (Å²) in [6.45, 7) is 2.19. The van der Waals surface area contributed by atoms with E-state index < -0.39 is 17.7 Å². The summed E-state index contributed by atoms with van der Waals surface area (Å²) in [5.74, 6) is -0.975. The smallest absolute Gasteiger partial charge is 0.295 e. The van der Waals surface area contributed by atoms with E-state index in [1.54, 1.807) is 49.6 Å². The van der Waals surface area contributed by atoms with Gasteiger partial charge in [-0.3, -0.25) is 9.59 Å². The molecule has 0 aromatic heterocycles. The zero-order valence-electron chi connectivity index (χ0n) is 18.4. The molecule has 0 aliphatic carbocycles. The second-order valence-corrected chi connectivity index (χ2v) is 8.28. The monoisotopic (exact) mass is 461 g/mol. The number of aryl methyl sites for hydroxylation is 1. The molecule has 1 aliphatic heterocycles. The van der Waals surface area contributed by atoms with Crippen LogP contribution in [-0.2, 0) is 22.6 Å². The highest BCUT2D eigenvalue weighted by Gasteiger charge is 2.46. The lowest BCUT2D eigenvalue weighted by atomic mass is 9.94. The molecular weight excluding hydrogens is 438 g/mol. The van der Waals surface area contributed by atoms with Gasteiger partial charge in [0, 0.05) is 16.1 Å². The van der Waals surface area contributed by atoms with Crippen LogP contribution < -0.4 is 4.74 Å². The summed E-state index contributed by atoms with van der Waals surface area (Å²) in [7, 11) is 1.56. The Labute approximate surface area is 197 Å². The van der Waals surface area contributed by atoms with Crippen LogP contribution >= 0.6 is 11.6 Å². The summed E-state index contributed by atoms with van der Waals surface area (Å²) in [4.78, 5) is 27.8. The number of ketones is 1. The number of rotatable bonds is 6. The molecule has 6 heteroatoms. The van der Waals surface area contributed by atoms with Crippen LogP contribution in [0.1, 0.15) is 35.2 Å². The van der Waals surface area contributed by atoms with Crippen LogP contribution in [0.2, 0.25) is 5.02 Å². The lowest BCUT2D eigenvalue weighted by Gasteiger charge is -2.26. The largest absolute Gasteiger partial charge is 0.507 e. The second-order valence-electron chi connectivity index (χ2n) is 7.84. The van der Waals surface area contributed by atoms with Crippen LogP contribution in [0.3, 0.4) is 0 Å². The number of benzene rings is 3. The Morgan fingerprint density at radius 1 is 1.00 bits per heavy atom. The molecule has 1 N–H and O–H groups in total. The molecule has 0 bridgehead atoms. The number of Topliss-reactive ketones (excluding diaryl/α,β-unsaturated/α-hetero) is 1. The maximum absolute atomic E-state index is 13.2. The predicted octanol–water partition coefficient (Wildman–Crippen LogP) is 5.53. The van der Waals surface area contributed by atoms with E-state index in [0.717, 1.165) is 17.5 Å². The maximum Gasteiger partial charge on any atom is 0.295 e. The van der Waals surface area contributed by atoms with Crippen molar-refractivity contribution in [3.63, 3.8) is 0 Å². The minimum atomic E-state index is -0.766. The molecule has 168 valence electrons. The number of likely N-dealkylation sites (tertiary alicyclic amines) is 1. The fourth-order valence-corrected chi connectivity index (χ4v) is 4.23. The summed E-state index contributed by atoms with van der Waals surface area (Å²) in [5.41, 5.74) is 3.09. The number of para-hydroxylation sites is 1. The Morgan fingerprint density at radius 3 is 2.30 bits per heavy atom. The van der Waals surface area contributed by atoms with Gasteiger partial charge in [-0.05, 0) is 35.7 Å². The second kappa shape index (κ2) is 9.51. The molecule has 1 unspecified atom stereocenters. The highest BCUT2D eigenvalue weighted by atomic mass is 35.5. The Kier molecular flexibility index (Phi) is 6.52. The van der Waals surface area contributed by atoms with Gasteiger partial charge in [-0.2, -0.15) is 0 Å². The first-order valence-electron chi connectivity index (χ1n) is 10.7. The van der Waals surface area contributed by atoms with Gasteiger partial charge < -0.3 is 14.7 Å². The van der Waals surface area contributed by atoms with E-state index in [2.05, 4.69) is 0 Å². The first-order valence-corrected chi connectivity index (χ1v) is 11.1. The number of carbonyl (C=O) groups excluding carboxylic acids is 2. The Bertz CT molecular complexity index is 1220. The normalized spacial score (nSPS) is 17.4. The molecule has 5 nitrogen and oxygen atoms in total. The number of aliphatic hydroxyl groups excluding tert-OH is 1. The summed E-state index contributed by atoms with van der Waals surface area (Å²) in [5, 5.41) is 11.7. The average Bonchev–Trinajstić information content (AvgIpc) is 3.09. The molecule has 1 atom stereocenters. The molecule has 0 radical (unpaired) electrons. The zero-order valence-corrected chi connectivity index (χ0v) is 19.2. The standard InChI is InChI=1S/C27H24ClNO4/c1-3-17-8-10-19(11-9-17)25(30)23-24(18-12-14-21(28)15-13-18)29(27(32)26(23)31)16-20-6-4-5-7-22(20)33-2/h4-15,24,30H,3,16H2,1-2H3/b25-23+. The van der Waals surface area contributed by atoms with E-state index in [-0.39, 0.29) is 17.9 Å². The summed E-state index contributed by atoms with van der Waals surface area (Å²) < 4.78 is 5.44. The first kappa shape index (κ1) is 22.6. The van der Waals surface area contributed by atoms with Gasteiger partial charge in [0.15, 0.2) is 0 Å². The van der Waals surface area contributed by atoms with Gasteiger partial charge in [0.2, 0.25) is 0 Å².